The standard InChI is InChI=1S/C11H15N3O2S/c1-3-16-10(15)9-7(2)13-11-14(9)8(4-5-12)6-17-11/h6H,3-5,12H2,1-2H3. The minimum atomic E-state index is -0.325. The molecule has 0 fully saturated rings. The molecule has 0 aromatic carbocycles. The zero-order valence-corrected chi connectivity index (χ0v) is 10.7. The van der Waals surface area contributed by atoms with Gasteiger partial charge in [-0.05, 0) is 20.4 Å². The van der Waals surface area contributed by atoms with Crippen LogP contribution in [0.4, 0.5) is 0 Å². The number of hydrogen-bond acceptors (Lipinski definition) is 5. The number of ether oxygens (including phenoxy) is 1. The predicted molar refractivity (Wildman–Crippen MR) is 66.5 cm³/mol. The van der Waals surface area contributed by atoms with Gasteiger partial charge < -0.3 is 10.5 Å². The van der Waals surface area contributed by atoms with Crippen LogP contribution in [-0.4, -0.2) is 28.5 Å². The number of nitrogens with two attached hydrogens (primary N) is 1. The number of aryl methyl sites for hydroxylation is 1. The number of hydrogen-bond donors (Lipinski definition) is 1. The summed E-state index contributed by atoms with van der Waals surface area (Å²) in [6.07, 6.45) is 0.724. The van der Waals surface area contributed by atoms with E-state index in [-0.39, 0.29) is 5.97 Å². The van der Waals surface area contributed by atoms with Gasteiger partial charge >= 0.3 is 5.97 Å². The third kappa shape index (κ3) is 2.05. The van der Waals surface area contributed by atoms with Gasteiger partial charge in [0, 0.05) is 17.5 Å². The first kappa shape index (κ1) is 12.1. The molecule has 92 valence electrons. The summed E-state index contributed by atoms with van der Waals surface area (Å²) in [5, 5.41) is 1.98. The van der Waals surface area contributed by atoms with Crippen LogP contribution in [0.2, 0.25) is 0 Å². The first-order valence-electron chi connectivity index (χ1n) is 5.51. The van der Waals surface area contributed by atoms with Crippen LogP contribution in [0.5, 0.6) is 0 Å². The number of imidazole rings is 1. The van der Waals surface area contributed by atoms with Crippen LogP contribution in [0.25, 0.3) is 4.96 Å². The Morgan fingerprint density at radius 3 is 3.06 bits per heavy atom. The highest BCUT2D eigenvalue weighted by molar-refractivity contribution is 7.15. The largest absolute Gasteiger partial charge is 0.461 e. The topological polar surface area (TPSA) is 69.6 Å². The number of fused-ring (bicyclic) bond motifs is 1. The van der Waals surface area contributed by atoms with Crippen molar-refractivity contribution in [1.82, 2.24) is 9.38 Å². The van der Waals surface area contributed by atoms with E-state index in [1.165, 1.54) is 11.3 Å². The minimum Gasteiger partial charge on any atom is -0.461 e. The van der Waals surface area contributed by atoms with Gasteiger partial charge in [-0.25, -0.2) is 9.78 Å². The highest BCUT2D eigenvalue weighted by Crippen LogP contribution is 2.21. The van der Waals surface area contributed by atoms with E-state index in [1.807, 2.05) is 16.7 Å². The van der Waals surface area contributed by atoms with Crippen molar-refractivity contribution in [2.45, 2.75) is 20.3 Å². The Bertz CT molecular complexity index is 544. The molecule has 2 aromatic rings. The number of rotatable bonds is 4. The lowest BCUT2D eigenvalue weighted by molar-refractivity contribution is 0.0517. The fourth-order valence-corrected chi connectivity index (χ4v) is 2.75. The monoisotopic (exact) mass is 253 g/mol. The van der Waals surface area contributed by atoms with E-state index in [0.717, 1.165) is 17.1 Å². The summed E-state index contributed by atoms with van der Waals surface area (Å²) >= 11 is 1.51. The van der Waals surface area contributed by atoms with E-state index in [1.54, 1.807) is 6.92 Å². The van der Waals surface area contributed by atoms with Crippen LogP contribution >= 0.6 is 11.3 Å². The van der Waals surface area contributed by atoms with Gasteiger partial charge in [0.15, 0.2) is 10.7 Å². The molecule has 0 unspecified atom stereocenters. The average molecular weight is 253 g/mol. The molecule has 17 heavy (non-hydrogen) atoms. The van der Waals surface area contributed by atoms with Crippen molar-refractivity contribution < 1.29 is 9.53 Å². The molecule has 0 saturated carbocycles. The zero-order chi connectivity index (χ0) is 12.4. The SMILES string of the molecule is CCOC(=O)c1c(C)nc2scc(CCN)n12. The Kier molecular flexibility index (Phi) is 3.44. The quantitative estimate of drug-likeness (QED) is 0.836. The van der Waals surface area contributed by atoms with Crippen LogP contribution in [-0.2, 0) is 11.2 Å². The summed E-state index contributed by atoms with van der Waals surface area (Å²) < 4.78 is 6.90. The summed E-state index contributed by atoms with van der Waals surface area (Å²) in [7, 11) is 0. The summed E-state index contributed by atoms with van der Waals surface area (Å²) in [4.78, 5) is 17.1. The molecule has 0 radical (unpaired) electrons. The van der Waals surface area contributed by atoms with Crippen molar-refractivity contribution in [2.75, 3.05) is 13.2 Å². The Labute approximate surface area is 103 Å². The van der Waals surface area contributed by atoms with E-state index in [9.17, 15) is 4.79 Å². The Hall–Kier alpha value is -1.40. The lowest BCUT2D eigenvalue weighted by Gasteiger charge is -2.04. The molecule has 0 bridgehead atoms. The van der Waals surface area contributed by atoms with E-state index in [2.05, 4.69) is 4.98 Å². The lowest BCUT2D eigenvalue weighted by Crippen LogP contribution is -2.12. The van der Waals surface area contributed by atoms with Crippen LogP contribution in [0.15, 0.2) is 5.38 Å². The van der Waals surface area contributed by atoms with Crippen molar-refractivity contribution >= 4 is 22.3 Å². The van der Waals surface area contributed by atoms with Gasteiger partial charge in [-0.2, -0.15) is 0 Å². The molecule has 0 aliphatic heterocycles. The zero-order valence-electron chi connectivity index (χ0n) is 9.90. The third-order valence-electron chi connectivity index (χ3n) is 2.48. The molecule has 5 nitrogen and oxygen atoms in total. The molecule has 0 amide bonds. The summed E-state index contributed by atoms with van der Waals surface area (Å²) in [5.41, 5.74) is 7.79. The number of nitrogens with zero attached hydrogens (tertiary/aromatic N) is 2. The fourth-order valence-electron chi connectivity index (χ4n) is 1.78. The minimum absolute atomic E-state index is 0.325. The summed E-state index contributed by atoms with van der Waals surface area (Å²) in [5.74, 6) is -0.325. The van der Waals surface area contributed by atoms with Crippen molar-refractivity contribution in [2.24, 2.45) is 5.73 Å². The second-order valence-electron chi connectivity index (χ2n) is 3.65. The van der Waals surface area contributed by atoms with Crippen molar-refractivity contribution in [1.29, 1.82) is 0 Å². The first-order chi connectivity index (χ1) is 8.19. The lowest BCUT2D eigenvalue weighted by atomic mass is 10.3. The van der Waals surface area contributed by atoms with Crippen LogP contribution in [0.1, 0.15) is 28.8 Å². The van der Waals surface area contributed by atoms with E-state index in [0.29, 0.717) is 24.5 Å². The van der Waals surface area contributed by atoms with E-state index in [4.69, 9.17) is 10.5 Å². The average Bonchev–Trinajstić information content (AvgIpc) is 2.78. The molecule has 2 N–H and O–H groups in total. The van der Waals surface area contributed by atoms with Gasteiger partial charge in [-0.15, -0.1) is 11.3 Å². The van der Waals surface area contributed by atoms with Crippen molar-refractivity contribution in [3.8, 4) is 0 Å². The fraction of sp³-hybridized carbons (Fsp3) is 0.455. The molecule has 0 aliphatic rings. The van der Waals surface area contributed by atoms with Gasteiger partial charge in [0.1, 0.15) is 0 Å². The van der Waals surface area contributed by atoms with Gasteiger partial charge in [-0.3, -0.25) is 4.40 Å². The second kappa shape index (κ2) is 4.85. The molecule has 2 heterocycles. The van der Waals surface area contributed by atoms with E-state index < -0.39 is 0 Å². The maximum atomic E-state index is 11.9. The van der Waals surface area contributed by atoms with Crippen LogP contribution in [0.3, 0.4) is 0 Å². The smallest absolute Gasteiger partial charge is 0.357 e. The molecule has 0 saturated heterocycles. The van der Waals surface area contributed by atoms with Crippen molar-refractivity contribution in [3.63, 3.8) is 0 Å². The molecule has 2 rings (SSSR count). The normalized spacial score (nSPS) is 11.0. The predicted octanol–water partition coefficient (Wildman–Crippen LogP) is 1.38. The van der Waals surface area contributed by atoms with Crippen LogP contribution in [0, 0.1) is 6.92 Å². The summed E-state index contributed by atoms with van der Waals surface area (Å²) in [6.45, 7) is 4.52. The van der Waals surface area contributed by atoms with Gasteiger partial charge in [-0.1, -0.05) is 0 Å². The molecule has 6 heteroatoms. The molecule has 2 aromatic heterocycles. The van der Waals surface area contributed by atoms with Gasteiger partial charge in [0.05, 0.1) is 12.3 Å². The molecule has 0 aliphatic carbocycles. The van der Waals surface area contributed by atoms with Crippen LogP contribution < -0.4 is 5.73 Å². The number of carbonyl (C=O) groups excluding carboxylic acids is 1. The Morgan fingerprint density at radius 2 is 2.41 bits per heavy atom. The number of esters is 1. The molecule has 0 atom stereocenters. The third-order valence-corrected chi connectivity index (χ3v) is 3.35. The maximum Gasteiger partial charge on any atom is 0.357 e. The van der Waals surface area contributed by atoms with E-state index >= 15 is 0 Å². The Balaban J connectivity index is 2.55. The van der Waals surface area contributed by atoms with Gasteiger partial charge in [0.2, 0.25) is 0 Å². The van der Waals surface area contributed by atoms with Crippen molar-refractivity contribution in [3.05, 3.63) is 22.5 Å². The molecular formula is C11H15N3O2S. The first-order valence-corrected chi connectivity index (χ1v) is 6.39. The Morgan fingerprint density at radius 1 is 1.65 bits per heavy atom. The highest BCUT2D eigenvalue weighted by atomic mass is 32.1. The number of carbonyl (C=O) groups is 1. The number of aromatic nitrogens is 2. The molecule has 0 spiro atoms. The molecular weight excluding hydrogens is 238 g/mol. The second-order valence-corrected chi connectivity index (χ2v) is 4.49. The van der Waals surface area contributed by atoms with Gasteiger partial charge in [0.25, 0.3) is 0 Å². The highest BCUT2D eigenvalue weighted by Gasteiger charge is 2.20. The summed E-state index contributed by atoms with van der Waals surface area (Å²) in [6, 6.07) is 0. The maximum absolute atomic E-state index is 11.9. The number of thiazole rings is 1.